The van der Waals surface area contributed by atoms with E-state index in [9.17, 15) is 4.79 Å². The van der Waals surface area contributed by atoms with Crippen LogP contribution in [0.3, 0.4) is 0 Å². The molecule has 1 heterocycles. The zero-order chi connectivity index (χ0) is 19.9. The molecule has 2 amide bonds. The summed E-state index contributed by atoms with van der Waals surface area (Å²) >= 11 is 12.4. The van der Waals surface area contributed by atoms with E-state index < -0.39 is 0 Å². The molecule has 4 nitrogen and oxygen atoms in total. The molecule has 1 saturated heterocycles. The lowest BCUT2D eigenvalue weighted by Gasteiger charge is -2.54. The molecule has 1 fully saturated rings. The van der Waals surface area contributed by atoms with Crippen LogP contribution in [0.15, 0.2) is 18.2 Å². The van der Waals surface area contributed by atoms with Crippen molar-refractivity contribution < 1.29 is 4.79 Å². The lowest BCUT2D eigenvalue weighted by atomic mass is 9.73. The standard InChI is InChI=1S/C20H31Cl2N3O/c1-13(14-9-8-10-15(21)17(14)22)23-18(26)25(7)16-11-19(2,3)12-24(6)20(16,4)5/h8-10,13,16H,11-12H2,1-7H3,(H,23,26). The van der Waals surface area contributed by atoms with E-state index in [-0.39, 0.29) is 29.1 Å². The number of hydrogen-bond donors (Lipinski definition) is 1. The number of benzene rings is 1. The normalized spacial score (nSPS) is 23.3. The zero-order valence-electron chi connectivity index (χ0n) is 16.9. The predicted molar refractivity (Wildman–Crippen MR) is 110 cm³/mol. The molecule has 1 aliphatic rings. The average Bonchev–Trinajstić information content (AvgIpc) is 2.52. The minimum atomic E-state index is -0.228. The van der Waals surface area contributed by atoms with E-state index >= 15 is 0 Å². The van der Waals surface area contributed by atoms with Crippen LogP contribution in [-0.4, -0.2) is 48.1 Å². The second kappa shape index (κ2) is 7.57. The fourth-order valence-corrected chi connectivity index (χ4v) is 4.38. The molecule has 2 rings (SSSR count). The molecular formula is C20H31Cl2N3O. The minimum Gasteiger partial charge on any atom is -0.331 e. The SMILES string of the molecule is CC(NC(=O)N(C)C1CC(C)(C)CN(C)C1(C)C)c1cccc(Cl)c1Cl. The van der Waals surface area contributed by atoms with Gasteiger partial charge in [-0.1, -0.05) is 49.2 Å². The number of nitrogens with zero attached hydrogens (tertiary/aromatic N) is 2. The Morgan fingerprint density at radius 3 is 2.54 bits per heavy atom. The van der Waals surface area contributed by atoms with Gasteiger partial charge in [-0.2, -0.15) is 0 Å². The van der Waals surface area contributed by atoms with Gasteiger partial charge in [-0.05, 0) is 51.3 Å². The van der Waals surface area contributed by atoms with Crippen molar-refractivity contribution in [3.8, 4) is 0 Å². The lowest BCUT2D eigenvalue weighted by molar-refractivity contribution is -0.0302. The van der Waals surface area contributed by atoms with Gasteiger partial charge in [-0.15, -0.1) is 0 Å². The number of urea groups is 1. The summed E-state index contributed by atoms with van der Waals surface area (Å²) in [5.74, 6) is 0. The quantitative estimate of drug-likeness (QED) is 0.757. The summed E-state index contributed by atoms with van der Waals surface area (Å²) < 4.78 is 0. The third kappa shape index (κ3) is 4.29. The van der Waals surface area contributed by atoms with Crippen LogP contribution >= 0.6 is 23.2 Å². The highest BCUT2D eigenvalue weighted by Gasteiger charge is 2.46. The van der Waals surface area contributed by atoms with Crippen LogP contribution < -0.4 is 5.32 Å². The molecule has 26 heavy (non-hydrogen) atoms. The molecule has 1 aliphatic heterocycles. The molecule has 0 spiro atoms. The van der Waals surface area contributed by atoms with E-state index in [1.165, 1.54) is 0 Å². The van der Waals surface area contributed by atoms with Crippen molar-refractivity contribution in [2.45, 2.75) is 58.7 Å². The Kier molecular flexibility index (Phi) is 6.21. The molecule has 146 valence electrons. The molecule has 0 aromatic heterocycles. The molecule has 1 aromatic carbocycles. The van der Waals surface area contributed by atoms with Crippen LogP contribution in [0.5, 0.6) is 0 Å². The molecular weight excluding hydrogens is 369 g/mol. The van der Waals surface area contributed by atoms with E-state index in [0.717, 1.165) is 18.5 Å². The zero-order valence-corrected chi connectivity index (χ0v) is 18.4. The number of piperidine rings is 1. The summed E-state index contributed by atoms with van der Waals surface area (Å²) in [7, 11) is 4.01. The van der Waals surface area contributed by atoms with Gasteiger partial charge >= 0.3 is 6.03 Å². The molecule has 1 N–H and O–H groups in total. The van der Waals surface area contributed by atoms with Gasteiger partial charge < -0.3 is 10.2 Å². The summed E-state index contributed by atoms with van der Waals surface area (Å²) in [5, 5.41) is 4.05. The Balaban J connectivity index is 2.16. The van der Waals surface area contributed by atoms with Crippen molar-refractivity contribution in [1.82, 2.24) is 15.1 Å². The highest BCUT2D eigenvalue weighted by Crippen LogP contribution is 2.39. The number of rotatable bonds is 3. The van der Waals surface area contributed by atoms with Gasteiger partial charge in [0.1, 0.15) is 0 Å². The second-order valence-corrected chi connectivity index (χ2v) is 9.60. The number of carbonyl (C=O) groups excluding carboxylic acids is 1. The third-order valence-corrected chi connectivity index (χ3v) is 6.62. The predicted octanol–water partition coefficient (Wildman–Crippen LogP) is 5.20. The van der Waals surface area contributed by atoms with Gasteiger partial charge in [-0.25, -0.2) is 4.79 Å². The van der Waals surface area contributed by atoms with Crippen LogP contribution in [0.25, 0.3) is 0 Å². The monoisotopic (exact) mass is 399 g/mol. The molecule has 6 heteroatoms. The topological polar surface area (TPSA) is 35.6 Å². The first-order chi connectivity index (χ1) is 11.9. The van der Waals surface area contributed by atoms with Crippen LogP contribution in [0, 0.1) is 5.41 Å². The number of hydrogen-bond acceptors (Lipinski definition) is 2. The molecule has 0 bridgehead atoms. The van der Waals surface area contributed by atoms with Gasteiger partial charge in [0.2, 0.25) is 0 Å². The van der Waals surface area contributed by atoms with E-state index in [0.29, 0.717) is 10.0 Å². The van der Waals surface area contributed by atoms with Crippen LogP contribution in [-0.2, 0) is 0 Å². The third-order valence-electron chi connectivity index (χ3n) is 5.79. The van der Waals surface area contributed by atoms with E-state index in [1.54, 1.807) is 6.07 Å². The van der Waals surface area contributed by atoms with Crippen molar-refractivity contribution in [2.24, 2.45) is 5.41 Å². The summed E-state index contributed by atoms with van der Waals surface area (Å²) in [6.07, 6.45) is 0.959. The Morgan fingerprint density at radius 2 is 1.92 bits per heavy atom. The van der Waals surface area contributed by atoms with Crippen LogP contribution in [0.4, 0.5) is 4.79 Å². The Labute approximate surface area is 167 Å². The summed E-state index contributed by atoms with van der Waals surface area (Å²) in [6.45, 7) is 11.9. The maximum absolute atomic E-state index is 12.9. The Morgan fingerprint density at radius 1 is 1.31 bits per heavy atom. The number of carbonyl (C=O) groups is 1. The fourth-order valence-electron chi connectivity index (χ4n) is 3.91. The maximum Gasteiger partial charge on any atom is 0.317 e. The van der Waals surface area contributed by atoms with Gasteiger partial charge in [0.25, 0.3) is 0 Å². The van der Waals surface area contributed by atoms with Crippen molar-refractivity contribution in [3.63, 3.8) is 0 Å². The lowest BCUT2D eigenvalue weighted by Crippen LogP contribution is -2.65. The van der Waals surface area contributed by atoms with Crippen molar-refractivity contribution in [3.05, 3.63) is 33.8 Å². The maximum atomic E-state index is 12.9. The summed E-state index contributed by atoms with van der Waals surface area (Å²) in [4.78, 5) is 17.1. The van der Waals surface area contributed by atoms with Gasteiger partial charge in [-0.3, -0.25) is 4.90 Å². The Bertz CT molecular complexity index is 675. The first-order valence-corrected chi connectivity index (χ1v) is 9.81. The number of likely N-dealkylation sites (tertiary alicyclic amines) is 1. The number of nitrogens with one attached hydrogen (secondary N) is 1. The fraction of sp³-hybridized carbons (Fsp3) is 0.650. The van der Waals surface area contributed by atoms with Crippen LogP contribution in [0.2, 0.25) is 10.0 Å². The molecule has 2 atom stereocenters. The molecule has 0 radical (unpaired) electrons. The van der Waals surface area contributed by atoms with E-state index in [4.69, 9.17) is 23.2 Å². The second-order valence-electron chi connectivity index (χ2n) is 8.82. The molecule has 1 aromatic rings. The summed E-state index contributed by atoms with van der Waals surface area (Å²) in [6, 6.07) is 5.26. The van der Waals surface area contributed by atoms with Gasteiger partial charge in [0.05, 0.1) is 22.1 Å². The van der Waals surface area contributed by atoms with Crippen molar-refractivity contribution in [2.75, 3.05) is 20.6 Å². The highest BCUT2D eigenvalue weighted by molar-refractivity contribution is 6.42. The number of halogens is 2. The molecule has 0 aliphatic carbocycles. The van der Waals surface area contributed by atoms with Crippen molar-refractivity contribution in [1.29, 1.82) is 0 Å². The average molecular weight is 400 g/mol. The largest absolute Gasteiger partial charge is 0.331 e. The van der Waals surface area contributed by atoms with E-state index in [1.807, 2.05) is 31.0 Å². The molecule has 0 saturated carbocycles. The first kappa shape index (κ1) is 21.3. The summed E-state index contributed by atoms with van der Waals surface area (Å²) in [5.41, 5.74) is 0.880. The smallest absolute Gasteiger partial charge is 0.317 e. The minimum absolute atomic E-state index is 0.0987. The highest BCUT2D eigenvalue weighted by atomic mass is 35.5. The van der Waals surface area contributed by atoms with Crippen LogP contribution in [0.1, 0.15) is 52.6 Å². The first-order valence-electron chi connectivity index (χ1n) is 9.05. The van der Waals surface area contributed by atoms with Gasteiger partial charge in [0.15, 0.2) is 0 Å². The van der Waals surface area contributed by atoms with Gasteiger partial charge in [0, 0.05) is 19.1 Å². The van der Waals surface area contributed by atoms with Crippen molar-refractivity contribution >= 4 is 29.2 Å². The van der Waals surface area contributed by atoms with E-state index in [2.05, 4.69) is 45.0 Å². The molecule has 2 unspecified atom stereocenters. The Hall–Kier alpha value is -0.970. The number of likely N-dealkylation sites (N-methyl/N-ethyl adjacent to an activating group) is 2. The number of amides is 2.